The number of amides is 6. The van der Waals surface area contributed by atoms with Crippen molar-refractivity contribution in [1.82, 2.24) is 53.4 Å². The number of carbonyl (C=O) groups excluding carboxylic acids is 5. The molecule has 68 heavy (non-hydrogen) atoms. The Balaban J connectivity index is 0.728. The van der Waals surface area contributed by atoms with E-state index in [9.17, 15) is 33.6 Å². The van der Waals surface area contributed by atoms with Gasteiger partial charge in [-0.05, 0) is 61.6 Å². The molecule has 1 unspecified atom stereocenters. The van der Waals surface area contributed by atoms with Crippen molar-refractivity contribution in [3.8, 4) is 11.5 Å². The van der Waals surface area contributed by atoms with Crippen LogP contribution in [0.1, 0.15) is 52.3 Å². The van der Waals surface area contributed by atoms with Gasteiger partial charge in [-0.25, -0.2) is 9.59 Å². The molecule has 4 saturated heterocycles. The zero-order valence-electron chi connectivity index (χ0n) is 37.8. The number of piperidine rings is 2. The molecule has 10 rings (SSSR count). The number of carbonyl (C=O) groups is 5. The zero-order valence-corrected chi connectivity index (χ0v) is 39.3. The number of hydrogen-bond donors (Lipinski definition) is 0. The minimum Gasteiger partial charge on any atom is -0.419 e. The average Bonchev–Trinajstić information content (AvgIpc) is 4.05. The van der Waals surface area contributed by atoms with Crippen LogP contribution >= 0.6 is 23.2 Å². The standard InChI is InChI=1S/C45H49Cl2N13O8/c1-51-35(61)9-8-33(41(51)64)60-39(62)29-6-5-28(23-30(29)40(60)63)55-16-14-54(15-17-55)24-26-10-12-57(13-11-26)45(67)58-20-18-56(19-21-58)43-48-37-36(42(65)53(3)44(66)52(37)2)59(43)25-34-49-50-38(68-34)27-4-7-31(46)32(47)22-27/h4-7,22-23,26,33H,8-21,24-25H2,1-3H3. The van der Waals surface area contributed by atoms with Gasteiger partial charge in [0.1, 0.15) is 12.6 Å². The summed E-state index contributed by atoms with van der Waals surface area (Å²) in [7, 11) is 4.36. The number of fused-ring (bicyclic) bond motifs is 2. The summed E-state index contributed by atoms with van der Waals surface area (Å²) in [5.74, 6) is -0.585. The van der Waals surface area contributed by atoms with Crippen molar-refractivity contribution in [3.63, 3.8) is 0 Å². The van der Waals surface area contributed by atoms with Crippen LogP contribution in [-0.4, -0.2) is 168 Å². The van der Waals surface area contributed by atoms with Gasteiger partial charge < -0.3 is 24.0 Å². The van der Waals surface area contributed by atoms with E-state index < -0.39 is 35.0 Å². The maximum Gasteiger partial charge on any atom is 0.332 e. The fourth-order valence-electron chi connectivity index (χ4n) is 10.0. The van der Waals surface area contributed by atoms with Gasteiger partial charge >= 0.3 is 11.7 Å². The molecule has 0 spiro atoms. The van der Waals surface area contributed by atoms with Crippen molar-refractivity contribution >= 4 is 75.7 Å². The van der Waals surface area contributed by atoms with E-state index in [1.165, 1.54) is 18.7 Å². The summed E-state index contributed by atoms with van der Waals surface area (Å²) in [6, 6.07) is 9.24. The number of imidazole rings is 1. The number of hydrogen-bond acceptors (Lipinski definition) is 14. The molecular formula is C45H49Cl2N13O8. The molecule has 0 aliphatic carbocycles. The Hall–Kier alpha value is -6.58. The zero-order chi connectivity index (χ0) is 47.7. The molecule has 23 heteroatoms. The molecule has 8 heterocycles. The molecule has 3 aromatic heterocycles. The van der Waals surface area contributed by atoms with E-state index in [1.54, 1.807) is 41.9 Å². The molecule has 6 amide bonds. The summed E-state index contributed by atoms with van der Waals surface area (Å²) in [5.41, 5.74) is 1.36. The first kappa shape index (κ1) is 45.2. The van der Waals surface area contributed by atoms with Crippen LogP contribution in [0.3, 0.4) is 0 Å². The van der Waals surface area contributed by atoms with E-state index in [0.29, 0.717) is 66.7 Å². The lowest BCUT2D eigenvalue weighted by Crippen LogP contribution is -2.55. The number of aryl methyl sites for hydroxylation is 1. The second kappa shape index (κ2) is 17.8. The molecule has 0 bridgehead atoms. The summed E-state index contributed by atoms with van der Waals surface area (Å²) < 4.78 is 10.1. The third kappa shape index (κ3) is 7.98. The number of nitrogens with zero attached hydrogens (tertiary/aromatic N) is 13. The molecule has 5 aliphatic heterocycles. The lowest BCUT2D eigenvalue weighted by molar-refractivity contribution is -0.149. The SMILES string of the molecule is CN1C(=O)CCC(N2C(=O)c3ccc(N4CCN(CC5CCN(C(=O)N6CCN(c7nc8c(c(=O)n(C)c(=O)n8C)n7Cc7nnc(-c8ccc(Cl)c(Cl)c8)o7)CC6)CC5)CC4)cc3C2=O)C1=O. The number of benzene rings is 2. The van der Waals surface area contributed by atoms with Crippen LogP contribution in [0.15, 0.2) is 50.4 Å². The fourth-order valence-corrected chi connectivity index (χ4v) is 10.3. The second-order valence-corrected chi connectivity index (χ2v) is 18.9. The molecule has 0 radical (unpaired) electrons. The number of imide groups is 2. The highest BCUT2D eigenvalue weighted by Crippen LogP contribution is 2.33. The molecule has 4 fully saturated rings. The second-order valence-electron chi connectivity index (χ2n) is 18.0. The summed E-state index contributed by atoms with van der Waals surface area (Å²) in [6.07, 6.45) is 1.99. The Morgan fingerprint density at radius 2 is 1.43 bits per heavy atom. The van der Waals surface area contributed by atoms with Crippen LogP contribution in [-0.2, 0) is 30.2 Å². The highest BCUT2D eigenvalue weighted by atomic mass is 35.5. The van der Waals surface area contributed by atoms with Gasteiger partial charge in [-0.15, -0.1) is 10.2 Å². The van der Waals surface area contributed by atoms with Crippen molar-refractivity contribution < 1.29 is 28.4 Å². The van der Waals surface area contributed by atoms with Crippen LogP contribution in [0, 0.1) is 5.92 Å². The number of likely N-dealkylation sites (N-methyl/N-ethyl adjacent to an activating group) is 1. The summed E-state index contributed by atoms with van der Waals surface area (Å²) in [4.78, 5) is 109. The van der Waals surface area contributed by atoms with Crippen molar-refractivity contribution in [2.24, 2.45) is 20.0 Å². The Bertz CT molecular complexity index is 3010. The van der Waals surface area contributed by atoms with E-state index >= 15 is 0 Å². The summed E-state index contributed by atoms with van der Waals surface area (Å²) in [6.45, 7) is 7.08. The first-order valence-corrected chi connectivity index (χ1v) is 23.4. The molecule has 5 aromatic rings. The molecule has 2 aromatic carbocycles. The van der Waals surface area contributed by atoms with Gasteiger partial charge in [-0.2, -0.15) is 4.98 Å². The van der Waals surface area contributed by atoms with Gasteiger partial charge in [-0.3, -0.25) is 52.4 Å². The van der Waals surface area contributed by atoms with Crippen molar-refractivity contribution in [1.29, 1.82) is 0 Å². The maximum atomic E-state index is 13.9. The van der Waals surface area contributed by atoms with Crippen LogP contribution in [0.2, 0.25) is 10.0 Å². The van der Waals surface area contributed by atoms with E-state index in [-0.39, 0.29) is 65.4 Å². The van der Waals surface area contributed by atoms with Crippen LogP contribution < -0.4 is 21.0 Å². The number of anilines is 2. The third-order valence-corrected chi connectivity index (χ3v) is 14.8. The van der Waals surface area contributed by atoms with Gasteiger partial charge in [0.2, 0.25) is 23.6 Å². The minimum absolute atomic E-state index is 0.00685. The van der Waals surface area contributed by atoms with E-state index in [1.807, 2.05) is 20.8 Å². The molecule has 0 saturated carbocycles. The molecule has 5 aliphatic rings. The van der Waals surface area contributed by atoms with E-state index in [0.717, 1.165) is 65.6 Å². The van der Waals surface area contributed by atoms with Gasteiger partial charge in [0.15, 0.2) is 11.2 Å². The topological polar surface area (TPSA) is 209 Å². The van der Waals surface area contributed by atoms with Crippen LogP contribution in [0.5, 0.6) is 0 Å². The molecule has 21 nitrogen and oxygen atoms in total. The smallest absolute Gasteiger partial charge is 0.332 e. The van der Waals surface area contributed by atoms with Crippen molar-refractivity contribution in [2.75, 3.05) is 88.8 Å². The van der Waals surface area contributed by atoms with Crippen molar-refractivity contribution in [2.45, 2.75) is 38.3 Å². The number of piperazine rings is 2. The third-order valence-electron chi connectivity index (χ3n) is 14.1. The fraction of sp³-hybridized carbons (Fsp3) is 0.467. The van der Waals surface area contributed by atoms with E-state index in [4.69, 9.17) is 32.6 Å². The monoisotopic (exact) mass is 969 g/mol. The van der Waals surface area contributed by atoms with Crippen LogP contribution in [0.4, 0.5) is 16.4 Å². The average molecular weight is 971 g/mol. The number of rotatable bonds is 8. The Labute approximate surface area is 398 Å². The van der Waals surface area contributed by atoms with Gasteiger partial charge in [0.05, 0.1) is 21.2 Å². The van der Waals surface area contributed by atoms with E-state index in [2.05, 4.69) is 20.0 Å². The Kier molecular flexibility index (Phi) is 11.8. The van der Waals surface area contributed by atoms with Crippen LogP contribution in [0.25, 0.3) is 22.6 Å². The van der Waals surface area contributed by atoms with Gasteiger partial charge in [0.25, 0.3) is 23.3 Å². The van der Waals surface area contributed by atoms with Gasteiger partial charge in [0, 0.05) is 111 Å². The number of aromatic nitrogens is 6. The first-order valence-electron chi connectivity index (χ1n) is 22.7. The normalized spacial score (nSPS) is 19.9. The molecule has 1 atom stereocenters. The first-order chi connectivity index (χ1) is 32.7. The highest BCUT2D eigenvalue weighted by molar-refractivity contribution is 6.42. The lowest BCUT2D eigenvalue weighted by atomic mass is 9.96. The molecule has 0 N–H and O–H groups in total. The lowest BCUT2D eigenvalue weighted by Gasteiger charge is -2.41. The van der Waals surface area contributed by atoms with Gasteiger partial charge in [-0.1, -0.05) is 23.2 Å². The Morgan fingerprint density at radius 3 is 2.15 bits per heavy atom. The quantitative estimate of drug-likeness (QED) is 0.205. The predicted molar refractivity (Wildman–Crippen MR) is 249 cm³/mol. The summed E-state index contributed by atoms with van der Waals surface area (Å²) >= 11 is 12.3. The highest BCUT2D eigenvalue weighted by Gasteiger charge is 2.46. The Morgan fingerprint density at radius 1 is 0.735 bits per heavy atom. The van der Waals surface area contributed by atoms with Crippen molar-refractivity contribution in [3.05, 3.63) is 84.3 Å². The number of likely N-dealkylation sites (tertiary alicyclic amines) is 2. The molecule has 356 valence electrons. The largest absolute Gasteiger partial charge is 0.419 e. The number of urea groups is 1. The summed E-state index contributed by atoms with van der Waals surface area (Å²) in [5, 5.41) is 9.15. The molecular weight excluding hydrogens is 921 g/mol. The predicted octanol–water partition coefficient (Wildman–Crippen LogP) is 2.36. The number of halogens is 2. The maximum absolute atomic E-state index is 13.9. The minimum atomic E-state index is -0.989.